The fourth-order valence-electron chi connectivity index (χ4n) is 1.05. The topological polar surface area (TPSA) is 65.2 Å². The number of methoxy groups -OCH3 is 1. The Balaban J connectivity index is 3.45. The normalized spacial score (nSPS) is 10.5. The highest BCUT2D eigenvalue weighted by Gasteiger charge is 2.26. The number of esters is 1. The predicted octanol–water partition coefficient (Wildman–Crippen LogP) is 1.53. The van der Waals surface area contributed by atoms with Crippen molar-refractivity contribution in [3.8, 4) is 0 Å². The van der Waals surface area contributed by atoms with Crippen LogP contribution in [0.5, 0.6) is 0 Å². The van der Waals surface area contributed by atoms with Gasteiger partial charge in [-0.3, -0.25) is 0 Å². The molecular formula is C8H7F3N2O2. The molecular weight excluding hydrogens is 213 g/mol. The zero-order chi connectivity index (χ0) is 11.6. The molecule has 15 heavy (non-hydrogen) atoms. The number of ether oxygens (including phenoxy) is 1. The molecule has 0 amide bonds. The lowest BCUT2D eigenvalue weighted by Crippen LogP contribution is -2.13. The molecule has 0 aliphatic heterocycles. The van der Waals surface area contributed by atoms with Crippen LogP contribution in [-0.4, -0.2) is 18.1 Å². The predicted molar refractivity (Wildman–Crippen MR) is 44.9 cm³/mol. The number of hydrogen-bond acceptors (Lipinski definition) is 4. The molecule has 0 atom stereocenters. The Hall–Kier alpha value is -1.79. The van der Waals surface area contributed by atoms with Gasteiger partial charge >= 0.3 is 5.97 Å². The number of rotatable bonds is 2. The monoisotopic (exact) mass is 220 g/mol. The Morgan fingerprint density at radius 3 is 2.67 bits per heavy atom. The van der Waals surface area contributed by atoms with Crippen LogP contribution in [0.2, 0.25) is 0 Å². The highest BCUT2D eigenvalue weighted by Crippen LogP contribution is 2.29. The summed E-state index contributed by atoms with van der Waals surface area (Å²) >= 11 is 0. The minimum Gasteiger partial charge on any atom is -0.465 e. The van der Waals surface area contributed by atoms with Gasteiger partial charge in [-0.2, -0.15) is 4.39 Å². The number of nitrogens with two attached hydrogens (primary N) is 1. The van der Waals surface area contributed by atoms with E-state index in [9.17, 15) is 18.0 Å². The van der Waals surface area contributed by atoms with E-state index in [0.29, 0.717) is 0 Å². The molecule has 0 aromatic carbocycles. The van der Waals surface area contributed by atoms with Crippen molar-refractivity contribution in [1.82, 2.24) is 4.98 Å². The zero-order valence-corrected chi connectivity index (χ0v) is 7.63. The van der Waals surface area contributed by atoms with Crippen molar-refractivity contribution in [1.29, 1.82) is 0 Å². The Bertz CT molecular complexity index is 396. The summed E-state index contributed by atoms with van der Waals surface area (Å²) < 4.78 is 42.1. The number of nitrogens with zero attached hydrogens (tertiary/aromatic N) is 1. The first kappa shape index (κ1) is 11.3. The van der Waals surface area contributed by atoms with E-state index in [1.807, 2.05) is 0 Å². The maximum atomic E-state index is 13.0. The van der Waals surface area contributed by atoms with Crippen molar-refractivity contribution in [2.75, 3.05) is 12.8 Å². The summed E-state index contributed by atoms with van der Waals surface area (Å²) in [5.41, 5.74) is 2.90. The van der Waals surface area contributed by atoms with Gasteiger partial charge in [-0.1, -0.05) is 0 Å². The molecule has 0 spiro atoms. The third-order valence-electron chi connectivity index (χ3n) is 1.71. The summed E-state index contributed by atoms with van der Waals surface area (Å²) in [4.78, 5) is 14.1. The number of hydrogen-bond donors (Lipinski definition) is 1. The molecule has 0 saturated heterocycles. The van der Waals surface area contributed by atoms with Crippen molar-refractivity contribution in [2.24, 2.45) is 0 Å². The number of nitrogen functional groups attached to an aromatic ring is 1. The minimum atomic E-state index is -3.07. The largest absolute Gasteiger partial charge is 0.465 e. The number of carbonyl (C=O) groups excluding carboxylic acids is 1. The Kier molecular flexibility index (Phi) is 3.13. The average molecular weight is 220 g/mol. The average Bonchev–Trinajstić information content (AvgIpc) is 2.19. The molecule has 4 nitrogen and oxygen atoms in total. The number of halogens is 3. The molecule has 1 aromatic rings. The van der Waals surface area contributed by atoms with Crippen LogP contribution in [0.25, 0.3) is 0 Å². The van der Waals surface area contributed by atoms with E-state index in [4.69, 9.17) is 5.73 Å². The molecule has 0 fully saturated rings. The van der Waals surface area contributed by atoms with Gasteiger partial charge in [0, 0.05) is 0 Å². The van der Waals surface area contributed by atoms with Gasteiger partial charge in [0.1, 0.15) is 5.56 Å². The first-order valence-electron chi connectivity index (χ1n) is 3.79. The summed E-state index contributed by atoms with van der Waals surface area (Å²) in [6, 6.07) is 0. The highest BCUT2D eigenvalue weighted by atomic mass is 19.3. The van der Waals surface area contributed by atoms with E-state index in [2.05, 4.69) is 9.72 Å². The highest BCUT2D eigenvalue weighted by molar-refractivity contribution is 5.92. The fraction of sp³-hybridized carbons (Fsp3) is 0.250. The van der Waals surface area contributed by atoms with Crippen molar-refractivity contribution in [2.45, 2.75) is 6.43 Å². The summed E-state index contributed by atoms with van der Waals surface area (Å²) in [6.07, 6.45) is -2.35. The van der Waals surface area contributed by atoms with Gasteiger partial charge in [-0.15, -0.1) is 0 Å². The molecule has 0 unspecified atom stereocenters. The fourth-order valence-corrected chi connectivity index (χ4v) is 1.05. The molecule has 1 aromatic heterocycles. The maximum Gasteiger partial charge on any atom is 0.343 e. The minimum absolute atomic E-state index is 0.452. The molecule has 0 saturated carbocycles. The third kappa shape index (κ3) is 2.00. The van der Waals surface area contributed by atoms with Crippen molar-refractivity contribution in [3.63, 3.8) is 0 Å². The van der Waals surface area contributed by atoms with Gasteiger partial charge in [-0.25, -0.2) is 18.6 Å². The second kappa shape index (κ2) is 4.16. The number of alkyl halides is 2. The summed E-state index contributed by atoms with van der Waals surface area (Å²) in [5.74, 6) is -2.56. The van der Waals surface area contributed by atoms with E-state index in [1.165, 1.54) is 0 Å². The molecule has 2 N–H and O–H groups in total. The van der Waals surface area contributed by atoms with Crippen LogP contribution in [-0.2, 0) is 4.74 Å². The quantitative estimate of drug-likeness (QED) is 0.606. The van der Waals surface area contributed by atoms with Crippen molar-refractivity contribution in [3.05, 3.63) is 23.3 Å². The van der Waals surface area contributed by atoms with E-state index in [-0.39, 0.29) is 0 Å². The lowest BCUT2D eigenvalue weighted by atomic mass is 10.1. The van der Waals surface area contributed by atoms with Crippen LogP contribution in [0.4, 0.5) is 18.9 Å². The molecule has 1 rings (SSSR count). The second-order valence-electron chi connectivity index (χ2n) is 2.59. The molecule has 0 aliphatic rings. The maximum absolute atomic E-state index is 13.0. The van der Waals surface area contributed by atoms with Crippen LogP contribution in [0.15, 0.2) is 6.20 Å². The Labute approximate surface area is 82.9 Å². The van der Waals surface area contributed by atoms with E-state index in [0.717, 1.165) is 13.3 Å². The van der Waals surface area contributed by atoms with Gasteiger partial charge < -0.3 is 10.5 Å². The molecule has 1 heterocycles. The van der Waals surface area contributed by atoms with Crippen molar-refractivity contribution >= 4 is 11.7 Å². The van der Waals surface area contributed by atoms with Crippen molar-refractivity contribution < 1.29 is 22.7 Å². The Morgan fingerprint density at radius 1 is 1.60 bits per heavy atom. The van der Waals surface area contributed by atoms with E-state index < -0.39 is 35.2 Å². The first-order chi connectivity index (χ1) is 6.99. The lowest BCUT2D eigenvalue weighted by molar-refractivity contribution is 0.0582. The standard InChI is InChI=1S/C8H7F3N2O2/c1-15-8(14)5-4(6(9)10)3(12)2-13-7(5)11/h2,6H,12H2,1H3. The zero-order valence-electron chi connectivity index (χ0n) is 7.63. The number of anilines is 1. The summed E-state index contributed by atoms with van der Waals surface area (Å²) in [6.45, 7) is 0. The molecule has 82 valence electrons. The summed E-state index contributed by atoms with van der Waals surface area (Å²) in [5, 5.41) is 0. The SMILES string of the molecule is COC(=O)c1c(F)ncc(N)c1C(F)F. The van der Waals surface area contributed by atoms with Crippen LogP contribution < -0.4 is 5.73 Å². The first-order valence-corrected chi connectivity index (χ1v) is 3.79. The van der Waals surface area contributed by atoms with Crippen LogP contribution in [0, 0.1) is 5.95 Å². The second-order valence-corrected chi connectivity index (χ2v) is 2.59. The van der Waals surface area contributed by atoms with Crippen LogP contribution in [0.3, 0.4) is 0 Å². The smallest absolute Gasteiger partial charge is 0.343 e. The van der Waals surface area contributed by atoms with E-state index in [1.54, 1.807) is 0 Å². The van der Waals surface area contributed by atoms with Gasteiger partial charge in [0.15, 0.2) is 0 Å². The molecule has 0 bridgehead atoms. The Morgan fingerprint density at radius 2 is 2.20 bits per heavy atom. The number of carbonyl (C=O) groups is 1. The van der Waals surface area contributed by atoms with Gasteiger partial charge in [0.05, 0.1) is 24.6 Å². The number of aromatic nitrogens is 1. The molecule has 0 aliphatic carbocycles. The van der Waals surface area contributed by atoms with Crippen LogP contribution >= 0.6 is 0 Å². The lowest BCUT2D eigenvalue weighted by Gasteiger charge is -2.09. The molecule has 0 radical (unpaired) electrons. The third-order valence-corrected chi connectivity index (χ3v) is 1.71. The van der Waals surface area contributed by atoms with Gasteiger partial charge in [0.25, 0.3) is 6.43 Å². The van der Waals surface area contributed by atoms with E-state index >= 15 is 0 Å². The molecule has 7 heteroatoms. The van der Waals surface area contributed by atoms with Gasteiger partial charge in [0.2, 0.25) is 5.95 Å². The number of pyridine rings is 1. The van der Waals surface area contributed by atoms with Gasteiger partial charge in [-0.05, 0) is 0 Å². The van der Waals surface area contributed by atoms with Crippen LogP contribution in [0.1, 0.15) is 22.3 Å². The summed E-state index contributed by atoms with van der Waals surface area (Å²) in [7, 11) is 0.945.